The highest BCUT2D eigenvalue weighted by Gasteiger charge is 2.30. The second-order valence-electron chi connectivity index (χ2n) is 7.86. The van der Waals surface area contributed by atoms with Gasteiger partial charge in [0.15, 0.2) is 0 Å². The van der Waals surface area contributed by atoms with Crippen LogP contribution in [0.15, 0.2) is 76.7 Å². The Kier molecular flexibility index (Phi) is 7.62. The zero-order valence-electron chi connectivity index (χ0n) is 18.4. The smallest absolute Gasteiger partial charge is 0.416 e. The summed E-state index contributed by atoms with van der Waals surface area (Å²) in [6.45, 7) is 1.09. The zero-order chi connectivity index (χ0) is 24.8. The minimum atomic E-state index is -4.44. The number of carbonyl (C=O) groups excluding carboxylic acids is 1. The van der Waals surface area contributed by atoms with Gasteiger partial charge in [-0.2, -0.15) is 13.2 Å². The molecule has 1 N–H and O–H groups in total. The number of thiazole rings is 1. The number of rotatable bonds is 9. The van der Waals surface area contributed by atoms with Gasteiger partial charge in [0.2, 0.25) is 0 Å². The molecule has 0 radical (unpaired) electrons. The highest BCUT2D eigenvalue weighted by Crippen LogP contribution is 2.30. The Morgan fingerprint density at radius 1 is 1.00 bits per heavy atom. The van der Waals surface area contributed by atoms with Crippen molar-refractivity contribution in [2.24, 2.45) is 0 Å². The van der Waals surface area contributed by atoms with Crippen molar-refractivity contribution in [1.82, 2.24) is 15.2 Å². The summed E-state index contributed by atoms with van der Waals surface area (Å²) in [4.78, 5) is 18.7. The fourth-order valence-electron chi connectivity index (χ4n) is 3.47. The molecule has 2 heterocycles. The van der Waals surface area contributed by atoms with Crippen molar-refractivity contribution in [3.63, 3.8) is 0 Å². The molecule has 0 aliphatic heterocycles. The van der Waals surface area contributed by atoms with E-state index in [-0.39, 0.29) is 30.5 Å². The predicted molar refractivity (Wildman–Crippen MR) is 123 cm³/mol. The van der Waals surface area contributed by atoms with E-state index in [9.17, 15) is 22.4 Å². The molecule has 0 aliphatic rings. The van der Waals surface area contributed by atoms with Crippen LogP contribution in [-0.2, 0) is 32.4 Å². The second-order valence-corrected chi connectivity index (χ2v) is 8.80. The third kappa shape index (κ3) is 7.00. The summed E-state index contributed by atoms with van der Waals surface area (Å²) in [5, 5.41) is 4.99. The van der Waals surface area contributed by atoms with Crippen LogP contribution in [0.5, 0.6) is 0 Å². The van der Waals surface area contributed by atoms with E-state index in [1.807, 2.05) is 4.90 Å². The number of amides is 1. The number of halogens is 4. The van der Waals surface area contributed by atoms with Gasteiger partial charge in [0.1, 0.15) is 22.3 Å². The van der Waals surface area contributed by atoms with E-state index >= 15 is 0 Å². The van der Waals surface area contributed by atoms with Gasteiger partial charge in [0, 0.05) is 18.5 Å². The van der Waals surface area contributed by atoms with Gasteiger partial charge in [-0.25, -0.2) is 9.37 Å². The summed E-state index contributed by atoms with van der Waals surface area (Å²) in [6.07, 6.45) is -2.92. The molecule has 35 heavy (non-hydrogen) atoms. The van der Waals surface area contributed by atoms with Crippen LogP contribution in [0.3, 0.4) is 0 Å². The van der Waals surface area contributed by atoms with E-state index < -0.39 is 11.7 Å². The molecular weight excluding hydrogens is 482 g/mol. The molecule has 10 heteroatoms. The lowest BCUT2D eigenvalue weighted by molar-refractivity contribution is -0.137. The van der Waals surface area contributed by atoms with Crippen molar-refractivity contribution in [2.75, 3.05) is 0 Å². The van der Waals surface area contributed by atoms with Crippen LogP contribution in [0.25, 0.3) is 0 Å². The first-order valence-corrected chi connectivity index (χ1v) is 11.5. The van der Waals surface area contributed by atoms with E-state index in [1.165, 1.54) is 35.8 Å². The maximum Gasteiger partial charge on any atom is 0.416 e. The molecule has 5 nitrogen and oxygen atoms in total. The lowest BCUT2D eigenvalue weighted by atomic mass is 10.1. The third-order valence-electron chi connectivity index (χ3n) is 5.13. The van der Waals surface area contributed by atoms with Crippen LogP contribution in [0.4, 0.5) is 17.6 Å². The Bertz CT molecular complexity index is 1250. The summed E-state index contributed by atoms with van der Waals surface area (Å²) in [7, 11) is 0. The Hall–Kier alpha value is -3.50. The fraction of sp³-hybridized carbons (Fsp3) is 0.200. The standard InChI is InChI=1S/C25H21F4N3O2S/c26-20-8-6-17(7-9-20)13-32(14-18-3-1-4-19(11-18)25(27,28)29)15-23-31-22(16-35-23)24(33)30-12-21-5-2-10-34-21/h1-11,16H,12-15H2,(H,30,33). The first-order chi connectivity index (χ1) is 16.8. The Morgan fingerprint density at radius 3 is 2.49 bits per heavy atom. The predicted octanol–water partition coefficient (Wildman–Crippen LogP) is 6.03. The Morgan fingerprint density at radius 2 is 1.77 bits per heavy atom. The number of carbonyl (C=O) groups is 1. The first kappa shape index (κ1) is 24.6. The second kappa shape index (κ2) is 10.8. The molecule has 0 fully saturated rings. The Balaban J connectivity index is 1.48. The fourth-order valence-corrected chi connectivity index (χ4v) is 4.29. The van der Waals surface area contributed by atoms with Crippen molar-refractivity contribution in [3.05, 3.63) is 111 Å². The van der Waals surface area contributed by atoms with Gasteiger partial charge < -0.3 is 9.73 Å². The van der Waals surface area contributed by atoms with Crippen LogP contribution in [0, 0.1) is 5.82 Å². The molecular formula is C25H21F4N3O2S. The highest BCUT2D eigenvalue weighted by molar-refractivity contribution is 7.09. The molecule has 4 aromatic rings. The van der Waals surface area contributed by atoms with E-state index in [0.717, 1.165) is 17.7 Å². The monoisotopic (exact) mass is 503 g/mol. The average molecular weight is 504 g/mol. The van der Waals surface area contributed by atoms with Gasteiger partial charge >= 0.3 is 6.18 Å². The van der Waals surface area contributed by atoms with Crippen molar-refractivity contribution in [3.8, 4) is 0 Å². The van der Waals surface area contributed by atoms with Gasteiger partial charge in [-0.05, 0) is 41.5 Å². The summed E-state index contributed by atoms with van der Waals surface area (Å²) in [6, 6.07) is 14.5. The number of alkyl halides is 3. The minimum absolute atomic E-state index is 0.209. The number of nitrogens with zero attached hydrogens (tertiary/aromatic N) is 2. The molecule has 182 valence electrons. The topological polar surface area (TPSA) is 58.4 Å². The largest absolute Gasteiger partial charge is 0.467 e. The number of hydrogen-bond acceptors (Lipinski definition) is 5. The Labute approximate surface area is 203 Å². The van der Waals surface area contributed by atoms with Gasteiger partial charge in [-0.3, -0.25) is 9.69 Å². The van der Waals surface area contributed by atoms with Gasteiger partial charge in [-0.1, -0.05) is 30.3 Å². The average Bonchev–Trinajstić information content (AvgIpc) is 3.51. The lowest BCUT2D eigenvalue weighted by Gasteiger charge is -2.22. The molecule has 0 aliphatic carbocycles. The van der Waals surface area contributed by atoms with E-state index in [4.69, 9.17) is 4.42 Å². The van der Waals surface area contributed by atoms with Crippen LogP contribution in [0.2, 0.25) is 0 Å². The summed E-state index contributed by atoms with van der Waals surface area (Å²) in [5.74, 6) is -0.115. The molecule has 0 spiro atoms. The molecule has 4 rings (SSSR count). The van der Waals surface area contributed by atoms with Crippen LogP contribution < -0.4 is 5.32 Å². The van der Waals surface area contributed by atoms with Crippen LogP contribution in [0.1, 0.15) is 37.9 Å². The van der Waals surface area contributed by atoms with Gasteiger partial charge in [0.25, 0.3) is 5.91 Å². The SMILES string of the molecule is O=C(NCc1ccco1)c1csc(CN(Cc2ccc(F)cc2)Cc2cccc(C(F)(F)F)c2)n1. The molecule has 0 unspecified atom stereocenters. The normalized spacial score (nSPS) is 11.7. The van der Waals surface area contributed by atoms with Crippen molar-refractivity contribution < 1.29 is 26.8 Å². The highest BCUT2D eigenvalue weighted by atomic mass is 32.1. The summed E-state index contributed by atoms with van der Waals surface area (Å²) in [5.41, 5.74) is 0.806. The number of benzene rings is 2. The van der Waals surface area contributed by atoms with E-state index in [1.54, 1.807) is 35.7 Å². The van der Waals surface area contributed by atoms with E-state index in [0.29, 0.717) is 29.4 Å². The number of nitrogens with one attached hydrogen (secondary N) is 1. The first-order valence-electron chi connectivity index (χ1n) is 10.6. The molecule has 1 amide bonds. The molecule has 0 saturated carbocycles. The molecule has 0 saturated heterocycles. The molecule has 2 aromatic carbocycles. The number of hydrogen-bond donors (Lipinski definition) is 1. The number of aromatic nitrogens is 1. The zero-order valence-corrected chi connectivity index (χ0v) is 19.2. The van der Waals surface area contributed by atoms with Gasteiger partial charge in [0.05, 0.1) is 24.9 Å². The molecule has 2 aromatic heterocycles. The number of furan rings is 1. The van der Waals surface area contributed by atoms with Crippen LogP contribution >= 0.6 is 11.3 Å². The van der Waals surface area contributed by atoms with Crippen molar-refractivity contribution >= 4 is 17.2 Å². The maximum atomic E-state index is 13.3. The quantitative estimate of drug-likeness (QED) is 0.284. The van der Waals surface area contributed by atoms with Crippen molar-refractivity contribution in [2.45, 2.75) is 32.4 Å². The lowest BCUT2D eigenvalue weighted by Crippen LogP contribution is -2.24. The summed E-state index contributed by atoms with van der Waals surface area (Å²) < 4.78 is 58.0. The molecule has 0 bridgehead atoms. The molecule has 0 atom stereocenters. The van der Waals surface area contributed by atoms with Gasteiger partial charge in [-0.15, -0.1) is 11.3 Å². The van der Waals surface area contributed by atoms with Crippen molar-refractivity contribution in [1.29, 1.82) is 0 Å². The third-order valence-corrected chi connectivity index (χ3v) is 5.96. The summed E-state index contributed by atoms with van der Waals surface area (Å²) >= 11 is 1.28. The van der Waals surface area contributed by atoms with Crippen LogP contribution in [-0.4, -0.2) is 15.8 Å². The minimum Gasteiger partial charge on any atom is -0.467 e. The van der Waals surface area contributed by atoms with E-state index in [2.05, 4.69) is 10.3 Å². The maximum absolute atomic E-state index is 13.3.